The zero-order valence-corrected chi connectivity index (χ0v) is 18.8. The van der Waals surface area contributed by atoms with Gasteiger partial charge < -0.3 is 15.2 Å². The maximum Gasteiger partial charge on any atom is 0.359 e. The maximum atomic E-state index is 12.7. The highest BCUT2D eigenvalue weighted by atomic mass is 35.5. The van der Waals surface area contributed by atoms with Crippen LogP contribution in [0.1, 0.15) is 15.9 Å². The van der Waals surface area contributed by atoms with Gasteiger partial charge in [-0.25, -0.2) is 4.79 Å². The molecule has 2 aliphatic heterocycles. The van der Waals surface area contributed by atoms with Crippen LogP contribution >= 0.6 is 23.4 Å². The van der Waals surface area contributed by atoms with Gasteiger partial charge in [0.2, 0.25) is 5.91 Å². The lowest BCUT2D eigenvalue weighted by atomic mass is 10.0. The van der Waals surface area contributed by atoms with Gasteiger partial charge in [0.25, 0.3) is 5.91 Å². The molecule has 0 aromatic heterocycles. The number of aliphatic hydroxyl groups excluding tert-OH is 1. The second-order valence-corrected chi connectivity index (χ2v) is 8.96. The van der Waals surface area contributed by atoms with E-state index in [2.05, 4.69) is 5.32 Å². The van der Waals surface area contributed by atoms with Crippen molar-refractivity contribution in [2.24, 2.45) is 0 Å². The van der Waals surface area contributed by atoms with Crippen LogP contribution in [0.15, 0.2) is 66.1 Å². The van der Waals surface area contributed by atoms with Gasteiger partial charge >= 0.3 is 5.97 Å². The van der Waals surface area contributed by atoms with E-state index in [4.69, 9.17) is 16.3 Å². The molecule has 0 spiro atoms. The highest BCUT2D eigenvalue weighted by Crippen LogP contribution is 2.40. The van der Waals surface area contributed by atoms with Crippen LogP contribution in [0.25, 0.3) is 0 Å². The fourth-order valence-corrected chi connectivity index (χ4v) is 4.84. The SMILES string of the molecule is O=C(Cc1ccc(Cl)cc1)NC1C(=O)N2C(C(=O)OCC(=O)c3ccccc3)=C(O)CS[C@@H]12. The smallest absolute Gasteiger partial charge is 0.359 e. The van der Waals surface area contributed by atoms with Crippen molar-refractivity contribution in [2.75, 3.05) is 12.4 Å². The molecule has 1 saturated heterocycles. The third-order valence-corrected chi connectivity index (χ3v) is 6.68. The number of ether oxygens (including phenoxy) is 1. The van der Waals surface area contributed by atoms with Crippen molar-refractivity contribution in [1.82, 2.24) is 10.2 Å². The molecule has 170 valence electrons. The number of thioether (sulfide) groups is 1. The number of β-lactam (4-membered cyclic amide) rings is 1. The van der Waals surface area contributed by atoms with Crippen LogP contribution in [0.2, 0.25) is 5.02 Å². The largest absolute Gasteiger partial charge is 0.509 e. The molecule has 10 heteroatoms. The molecule has 2 aliphatic rings. The Hall–Kier alpha value is -3.30. The van der Waals surface area contributed by atoms with Gasteiger partial charge in [0.1, 0.15) is 17.2 Å². The lowest BCUT2D eigenvalue weighted by Crippen LogP contribution is -2.70. The third-order valence-electron chi connectivity index (χ3n) is 5.17. The van der Waals surface area contributed by atoms with Crippen LogP contribution in [0.5, 0.6) is 0 Å². The summed E-state index contributed by atoms with van der Waals surface area (Å²) < 4.78 is 5.07. The van der Waals surface area contributed by atoms with Crippen molar-refractivity contribution in [3.8, 4) is 0 Å². The number of aliphatic hydroxyl groups is 1. The predicted molar refractivity (Wildman–Crippen MR) is 122 cm³/mol. The number of ketones is 1. The first-order valence-corrected chi connectivity index (χ1v) is 11.4. The van der Waals surface area contributed by atoms with Crippen molar-refractivity contribution in [1.29, 1.82) is 0 Å². The van der Waals surface area contributed by atoms with Crippen molar-refractivity contribution < 1.29 is 29.0 Å². The Morgan fingerprint density at radius 1 is 1.12 bits per heavy atom. The van der Waals surface area contributed by atoms with E-state index in [0.29, 0.717) is 10.6 Å². The van der Waals surface area contributed by atoms with E-state index in [1.165, 1.54) is 11.8 Å². The quantitative estimate of drug-likeness (QED) is 0.351. The molecule has 2 amide bonds. The summed E-state index contributed by atoms with van der Waals surface area (Å²) in [5.74, 6) is -2.52. The number of carbonyl (C=O) groups is 4. The zero-order valence-electron chi connectivity index (χ0n) is 17.2. The van der Waals surface area contributed by atoms with E-state index in [-0.39, 0.29) is 29.5 Å². The fourth-order valence-electron chi connectivity index (χ4n) is 3.51. The summed E-state index contributed by atoms with van der Waals surface area (Å²) in [6.07, 6.45) is 0.0654. The molecular formula is C23H19ClN2O6S. The Morgan fingerprint density at radius 2 is 1.82 bits per heavy atom. The van der Waals surface area contributed by atoms with Gasteiger partial charge in [0, 0.05) is 10.6 Å². The molecule has 2 heterocycles. The highest BCUT2D eigenvalue weighted by molar-refractivity contribution is 8.00. The molecule has 4 rings (SSSR count). The predicted octanol–water partition coefficient (Wildman–Crippen LogP) is 2.48. The van der Waals surface area contributed by atoms with Crippen molar-refractivity contribution in [3.05, 3.63) is 82.2 Å². The van der Waals surface area contributed by atoms with E-state index in [1.807, 2.05) is 0 Å². The number of amides is 2. The van der Waals surface area contributed by atoms with Crippen molar-refractivity contribution in [2.45, 2.75) is 17.8 Å². The molecule has 0 radical (unpaired) electrons. The minimum atomic E-state index is -0.971. The molecule has 8 nitrogen and oxygen atoms in total. The summed E-state index contributed by atoms with van der Waals surface area (Å²) in [5, 5.41) is 12.9. The first kappa shape index (κ1) is 22.9. The molecule has 1 fully saturated rings. The molecule has 2 N–H and O–H groups in total. The van der Waals surface area contributed by atoms with Gasteiger partial charge in [-0.3, -0.25) is 19.3 Å². The second-order valence-electron chi connectivity index (χ2n) is 7.42. The Kier molecular flexibility index (Phi) is 6.71. The zero-order chi connectivity index (χ0) is 23.5. The molecule has 33 heavy (non-hydrogen) atoms. The number of nitrogens with one attached hydrogen (secondary N) is 1. The van der Waals surface area contributed by atoms with E-state index in [9.17, 15) is 24.3 Å². The maximum absolute atomic E-state index is 12.7. The average molecular weight is 487 g/mol. The van der Waals surface area contributed by atoms with E-state index >= 15 is 0 Å². The number of hydrogen-bond acceptors (Lipinski definition) is 7. The summed E-state index contributed by atoms with van der Waals surface area (Å²) in [7, 11) is 0. The van der Waals surface area contributed by atoms with E-state index < -0.39 is 35.7 Å². The summed E-state index contributed by atoms with van der Waals surface area (Å²) in [4.78, 5) is 51.0. The Balaban J connectivity index is 1.37. The molecule has 2 aromatic carbocycles. The minimum absolute atomic E-state index is 0.0646. The molecule has 1 unspecified atom stereocenters. The molecule has 0 bridgehead atoms. The Labute approximate surface area is 198 Å². The normalized spacial score (nSPS) is 19.4. The number of benzene rings is 2. The number of Topliss-reactive ketones (excluding diaryl/α,β-unsaturated/α-hetero) is 1. The number of rotatable bonds is 7. The Morgan fingerprint density at radius 3 is 2.52 bits per heavy atom. The first-order chi connectivity index (χ1) is 15.8. The molecule has 2 aromatic rings. The topological polar surface area (TPSA) is 113 Å². The van der Waals surface area contributed by atoms with Crippen LogP contribution in [-0.4, -0.2) is 57.3 Å². The highest BCUT2D eigenvalue weighted by Gasteiger charge is 2.54. The number of fused-ring (bicyclic) bond motifs is 1. The molecule has 0 saturated carbocycles. The molecule has 0 aliphatic carbocycles. The number of hydrogen-bond donors (Lipinski definition) is 2. The van der Waals surface area contributed by atoms with E-state index in [1.54, 1.807) is 54.6 Å². The number of esters is 1. The van der Waals surface area contributed by atoms with Crippen LogP contribution in [0.3, 0.4) is 0 Å². The first-order valence-electron chi connectivity index (χ1n) is 10.0. The van der Waals surface area contributed by atoms with E-state index in [0.717, 1.165) is 10.5 Å². The van der Waals surface area contributed by atoms with Crippen LogP contribution in [-0.2, 0) is 25.5 Å². The van der Waals surface area contributed by atoms with Gasteiger partial charge in [-0.05, 0) is 17.7 Å². The van der Waals surface area contributed by atoms with Crippen LogP contribution < -0.4 is 5.32 Å². The fraction of sp³-hybridized carbons (Fsp3) is 0.217. The monoisotopic (exact) mass is 486 g/mol. The summed E-state index contributed by atoms with van der Waals surface area (Å²) in [6.45, 7) is -0.527. The molecule has 2 atom stereocenters. The van der Waals surface area contributed by atoms with Gasteiger partial charge in [0.15, 0.2) is 18.1 Å². The summed E-state index contributed by atoms with van der Waals surface area (Å²) >= 11 is 7.06. The number of halogens is 1. The van der Waals surface area contributed by atoms with Gasteiger partial charge in [0.05, 0.1) is 12.2 Å². The average Bonchev–Trinajstić information content (AvgIpc) is 2.82. The van der Waals surface area contributed by atoms with Gasteiger partial charge in [-0.1, -0.05) is 54.1 Å². The van der Waals surface area contributed by atoms with Crippen LogP contribution in [0, 0.1) is 0 Å². The molecular weight excluding hydrogens is 468 g/mol. The van der Waals surface area contributed by atoms with Gasteiger partial charge in [-0.2, -0.15) is 0 Å². The third kappa shape index (κ3) is 4.89. The van der Waals surface area contributed by atoms with Crippen LogP contribution in [0.4, 0.5) is 0 Å². The summed E-state index contributed by atoms with van der Waals surface area (Å²) in [5.41, 5.74) is 0.818. The number of nitrogens with zero attached hydrogens (tertiary/aromatic N) is 1. The van der Waals surface area contributed by atoms with Crippen molar-refractivity contribution >= 4 is 46.9 Å². The second kappa shape index (κ2) is 9.68. The standard InChI is InChI=1S/C23H19ClN2O6S/c24-15-8-6-13(7-9-15)10-18(29)25-19-21(30)26-20(17(28)12-33-22(19)26)23(31)32-11-16(27)14-4-2-1-3-5-14/h1-9,19,22,28H,10-12H2,(H,25,29)/t19?,22-/m0/s1. The van der Waals surface area contributed by atoms with Crippen molar-refractivity contribution in [3.63, 3.8) is 0 Å². The minimum Gasteiger partial charge on any atom is -0.509 e. The Bertz CT molecular complexity index is 1140. The summed E-state index contributed by atoms with van der Waals surface area (Å²) in [6, 6.07) is 14.3. The lowest BCUT2D eigenvalue weighted by molar-refractivity contribution is -0.152. The lowest BCUT2D eigenvalue weighted by Gasteiger charge is -2.48. The number of carbonyl (C=O) groups excluding carboxylic acids is 4. The van der Waals surface area contributed by atoms with Gasteiger partial charge in [-0.15, -0.1) is 11.8 Å².